The Morgan fingerprint density at radius 2 is 1.89 bits per heavy atom. The number of aromatic nitrogens is 1. The van der Waals surface area contributed by atoms with E-state index in [4.69, 9.17) is 10.2 Å². The zero-order valence-corrected chi connectivity index (χ0v) is 11.1. The van der Waals surface area contributed by atoms with Crippen LogP contribution in [0, 0.1) is 5.41 Å². The van der Waals surface area contributed by atoms with Crippen LogP contribution in [0.4, 0.5) is 4.79 Å². The molecule has 3 rings (SSSR count). The van der Waals surface area contributed by atoms with Crippen molar-refractivity contribution in [2.24, 2.45) is 5.41 Å². The van der Waals surface area contributed by atoms with Gasteiger partial charge in [0.15, 0.2) is 0 Å². The third-order valence-electron chi connectivity index (χ3n) is 4.13. The number of carbonyl (C=O) groups is 2. The highest BCUT2D eigenvalue weighted by atomic mass is 32.1. The third-order valence-corrected chi connectivity index (χ3v) is 5.22. The van der Waals surface area contributed by atoms with Crippen LogP contribution in [-0.4, -0.2) is 45.2 Å². The fourth-order valence-electron chi connectivity index (χ4n) is 3.04. The number of rotatable bonds is 1. The topological polar surface area (TPSA) is 90.7 Å². The Hall–Kier alpha value is -1.63. The van der Waals surface area contributed by atoms with Crippen molar-refractivity contribution in [2.45, 2.75) is 25.7 Å². The molecule has 6 nitrogen and oxygen atoms in total. The number of fused-ring (bicyclic) bond motifs is 1. The van der Waals surface area contributed by atoms with Gasteiger partial charge in [-0.25, -0.2) is 14.6 Å². The normalized spacial score (nSPS) is 20.5. The van der Waals surface area contributed by atoms with E-state index in [2.05, 4.69) is 4.98 Å². The molecule has 2 aliphatic rings. The maximum absolute atomic E-state index is 10.9. The van der Waals surface area contributed by atoms with Crippen LogP contribution in [0.25, 0.3) is 0 Å². The van der Waals surface area contributed by atoms with Crippen LogP contribution < -0.4 is 0 Å². The number of carboxylic acid groups (broad SMARTS) is 2. The van der Waals surface area contributed by atoms with Gasteiger partial charge in [-0.3, -0.25) is 0 Å². The molecule has 1 aliphatic heterocycles. The summed E-state index contributed by atoms with van der Waals surface area (Å²) in [6.45, 7) is 1.13. The Morgan fingerprint density at radius 1 is 1.21 bits per heavy atom. The fourth-order valence-corrected chi connectivity index (χ4v) is 4.13. The van der Waals surface area contributed by atoms with Crippen LogP contribution >= 0.6 is 11.3 Å². The minimum Gasteiger partial charge on any atom is -0.476 e. The van der Waals surface area contributed by atoms with E-state index in [9.17, 15) is 9.59 Å². The lowest BCUT2D eigenvalue weighted by Crippen LogP contribution is -2.43. The van der Waals surface area contributed by atoms with Gasteiger partial charge in [0.1, 0.15) is 0 Å². The number of amides is 1. The van der Waals surface area contributed by atoms with Gasteiger partial charge >= 0.3 is 12.1 Å². The molecule has 102 valence electrons. The Balaban J connectivity index is 1.72. The first-order valence-electron chi connectivity index (χ1n) is 6.19. The number of hydrogen-bond acceptors (Lipinski definition) is 4. The first-order valence-corrected chi connectivity index (χ1v) is 7.00. The zero-order chi connectivity index (χ0) is 13.6. The number of carboxylic acids is 1. The highest BCUT2D eigenvalue weighted by Gasteiger charge is 2.42. The lowest BCUT2D eigenvalue weighted by atomic mass is 9.76. The van der Waals surface area contributed by atoms with Gasteiger partial charge in [-0.1, -0.05) is 0 Å². The van der Waals surface area contributed by atoms with Gasteiger partial charge in [-0.2, -0.15) is 0 Å². The number of thiazole rings is 1. The lowest BCUT2D eigenvalue weighted by molar-refractivity contribution is 0.0694. The average molecular weight is 282 g/mol. The molecule has 2 heterocycles. The molecule has 1 aliphatic carbocycles. The van der Waals surface area contributed by atoms with E-state index in [1.165, 1.54) is 16.2 Å². The maximum atomic E-state index is 10.9. The van der Waals surface area contributed by atoms with Crippen molar-refractivity contribution in [3.05, 3.63) is 15.6 Å². The van der Waals surface area contributed by atoms with E-state index in [1.807, 2.05) is 0 Å². The van der Waals surface area contributed by atoms with Gasteiger partial charge in [-0.05, 0) is 31.1 Å². The van der Waals surface area contributed by atoms with Gasteiger partial charge in [0.05, 0.1) is 5.69 Å². The van der Waals surface area contributed by atoms with Crippen LogP contribution in [0.3, 0.4) is 0 Å². The van der Waals surface area contributed by atoms with E-state index in [0.29, 0.717) is 13.1 Å². The quantitative estimate of drug-likeness (QED) is 0.818. The zero-order valence-electron chi connectivity index (χ0n) is 10.3. The Bertz CT molecular complexity index is 520. The number of piperidine rings is 1. The predicted molar refractivity (Wildman–Crippen MR) is 67.7 cm³/mol. The molecule has 1 fully saturated rings. The average Bonchev–Trinajstić information content (AvgIpc) is 2.85. The first-order chi connectivity index (χ1) is 8.99. The molecule has 1 aromatic heterocycles. The molecule has 19 heavy (non-hydrogen) atoms. The standard InChI is InChI=1S/C12H14N2O4S/c15-10(16)9-13-7-5-12(6-8(7)19-9)1-3-14(4-2-12)11(17)18/h1-6H2,(H,15,16)(H,17,18). The molecule has 1 saturated heterocycles. The van der Waals surface area contributed by atoms with Gasteiger partial charge in [0.2, 0.25) is 5.01 Å². The van der Waals surface area contributed by atoms with E-state index < -0.39 is 12.1 Å². The second-order valence-corrected chi connectivity index (χ2v) is 6.40. The molecule has 0 saturated carbocycles. The highest BCUT2D eigenvalue weighted by Crippen LogP contribution is 2.46. The van der Waals surface area contributed by atoms with Crippen LogP contribution in [-0.2, 0) is 12.8 Å². The molecule has 0 aromatic carbocycles. The summed E-state index contributed by atoms with van der Waals surface area (Å²) in [4.78, 5) is 28.5. The van der Waals surface area contributed by atoms with Gasteiger partial charge < -0.3 is 15.1 Å². The Labute approximate surface area is 113 Å². The summed E-state index contributed by atoms with van der Waals surface area (Å²) in [6, 6.07) is 0. The third kappa shape index (κ3) is 2.07. The van der Waals surface area contributed by atoms with Crippen LogP contribution in [0.2, 0.25) is 0 Å². The number of likely N-dealkylation sites (tertiary alicyclic amines) is 1. The van der Waals surface area contributed by atoms with E-state index in [0.717, 1.165) is 36.3 Å². The summed E-state index contributed by atoms with van der Waals surface area (Å²) >= 11 is 1.26. The summed E-state index contributed by atoms with van der Waals surface area (Å²) < 4.78 is 0. The monoisotopic (exact) mass is 282 g/mol. The van der Waals surface area contributed by atoms with Crippen LogP contribution in [0.15, 0.2) is 0 Å². The fraction of sp³-hybridized carbons (Fsp3) is 0.583. The number of hydrogen-bond donors (Lipinski definition) is 2. The van der Waals surface area contributed by atoms with Crippen molar-refractivity contribution in [1.29, 1.82) is 0 Å². The van der Waals surface area contributed by atoms with Crippen molar-refractivity contribution < 1.29 is 19.8 Å². The second kappa shape index (κ2) is 4.19. The summed E-state index contributed by atoms with van der Waals surface area (Å²) in [6.07, 6.45) is 2.46. The number of nitrogens with zero attached hydrogens (tertiary/aromatic N) is 2. The highest BCUT2D eigenvalue weighted by molar-refractivity contribution is 7.13. The minimum atomic E-state index is -0.964. The van der Waals surface area contributed by atoms with Crippen LogP contribution in [0.1, 0.15) is 33.2 Å². The molecule has 1 aromatic rings. The summed E-state index contributed by atoms with van der Waals surface area (Å²) in [5, 5.41) is 18.0. The molecule has 0 radical (unpaired) electrons. The van der Waals surface area contributed by atoms with Crippen LogP contribution in [0.5, 0.6) is 0 Å². The van der Waals surface area contributed by atoms with Crippen molar-refractivity contribution in [1.82, 2.24) is 9.88 Å². The smallest absolute Gasteiger partial charge is 0.407 e. The first kappa shape index (κ1) is 12.4. The van der Waals surface area contributed by atoms with Crippen molar-refractivity contribution in [3.8, 4) is 0 Å². The predicted octanol–water partition coefficient (Wildman–Crippen LogP) is 1.70. The molecule has 1 amide bonds. The second-order valence-electron chi connectivity index (χ2n) is 5.32. The molecule has 2 N–H and O–H groups in total. The molecule has 0 atom stereocenters. The summed E-state index contributed by atoms with van der Waals surface area (Å²) in [5.41, 5.74) is 1.02. The summed E-state index contributed by atoms with van der Waals surface area (Å²) in [5.74, 6) is -0.964. The lowest BCUT2D eigenvalue weighted by Gasteiger charge is -2.37. The Morgan fingerprint density at radius 3 is 2.42 bits per heavy atom. The van der Waals surface area contributed by atoms with Gasteiger partial charge in [-0.15, -0.1) is 11.3 Å². The molecular formula is C12H14N2O4S. The van der Waals surface area contributed by atoms with E-state index in [1.54, 1.807) is 0 Å². The SMILES string of the molecule is O=C(O)c1nc2c(s1)CC1(CCN(C(=O)O)CC1)C2. The molecule has 0 bridgehead atoms. The number of aromatic carboxylic acids is 1. The molecular weight excluding hydrogens is 268 g/mol. The van der Waals surface area contributed by atoms with Gasteiger partial charge in [0, 0.05) is 18.0 Å². The van der Waals surface area contributed by atoms with Crippen molar-refractivity contribution in [3.63, 3.8) is 0 Å². The molecule has 0 unspecified atom stereocenters. The van der Waals surface area contributed by atoms with Gasteiger partial charge in [0.25, 0.3) is 0 Å². The molecule has 1 spiro atoms. The minimum absolute atomic E-state index is 0.108. The maximum Gasteiger partial charge on any atom is 0.407 e. The van der Waals surface area contributed by atoms with E-state index in [-0.39, 0.29) is 10.4 Å². The van der Waals surface area contributed by atoms with E-state index >= 15 is 0 Å². The Kier molecular flexibility index (Phi) is 2.74. The largest absolute Gasteiger partial charge is 0.476 e. The van der Waals surface area contributed by atoms with Crippen molar-refractivity contribution in [2.75, 3.05) is 13.1 Å². The summed E-state index contributed by atoms with van der Waals surface area (Å²) in [7, 11) is 0. The molecule has 7 heteroatoms. The van der Waals surface area contributed by atoms with Crippen molar-refractivity contribution >= 4 is 23.4 Å².